The second-order valence-electron chi connectivity index (χ2n) is 2.69. The molecular weight excluding hydrogens is 170 g/mol. The van der Waals surface area contributed by atoms with Gasteiger partial charge in [-0.3, -0.25) is 4.79 Å². The molecule has 1 aromatic carbocycles. The maximum Gasteiger partial charge on any atom is 0.252 e. The first-order valence-corrected chi connectivity index (χ1v) is 3.68. The normalized spacial score (nSPS) is 10.5. The zero-order valence-corrected chi connectivity index (χ0v) is 6.65. The lowest BCUT2D eigenvalue weighted by atomic mass is 10.1. The molecule has 1 heterocycles. The molecule has 0 unspecified atom stereocenters. The van der Waals surface area contributed by atoms with Crippen molar-refractivity contribution in [1.29, 1.82) is 0 Å². The molecule has 13 heavy (non-hydrogen) atoms. The summed E-state index contributed by atoms with van der Waals surface area (Å²) in [6.07, 6.45) is 1.48. The molecule has 4 nitrogen and oxygen atoms in total. The number of nitrogens with two attached hydrogens (primary N) is 1. The molecule has 0 spiro atoms. The lowest BCUT2D eigenvalue weighted by molar-refractivity contribution is 0.0998. The summed E-state index contributed by atoms with van der Waals surface area (Å²) in [6, 6.07) is 4.56. The van der Waals surface area contributed by atoms with Crippen molar-refractivity contribution in [3.8, 4) is 5.75 Å². The van der Waals surface area contributed by atoms with E-state index >= 15 is 0 Å². The van der Waals surface area contributed by atoms with Crippen LogP contribution in [0.2, 0.25) is 0 Å². The molecule has 0 atom stereocenters. The quantitative estimate of drug-likeness (QED) is 0.687. The van der Waals surface area contributed by atoms with E-state index in [9.17, 15) is 9.90 Å². The van der Waals surface area contributed by atoms with Crippen molar-refractivity contribution in [1.82, 2.24) is 0 Å². The molecule has 66 valence electrons. The van der Waals surface area contributed by atoms with Crippen molar-refractivity contribution in [3.05, 3.63) is 30.0 Å². The molecule has 0 saturated carbocycles. The van der Waals surface area contributed by atoms with Crippen LogP contribution in [0.5, 0.6) is 5.75 Å². The van der Waals surface area contributed by atoms with Gasteiger partial charge in [0.2, 0.25) is 0 Å². The van der Waals surface area contributed by atoms with Crippen LogP contribution in [0.15, 0.2) is 28.9 Å². The minimum Gasteiger partial charge on any atom is -0.507 e. The van der Waals surface area contributed by atoms with E-state index in [4.69, 9.17) is 10.2 Å². The molecule has 4 heteroatoms. The third-order valence-corrected chi connectivity index (χ3v) is 1.84. The van der Waals surface area contributed by atoms with Gasteiger partial charge in [-0.25, -0.2) is 0 Å². The fourth-order valence-corrected chi connectivity index (χ4v) is 1.20. The maximum absolute atomic E-state index is 10.8. The summed E-state index contributed by atoms with van der Waals surface area (Å²) < 4.78 is 5.02. The molecule has 0 radical (unpaired) electrons. The number of carbonyl (C=O) groups excluding carboxylic acids is 1. The Morgan fingerprint density at radius 3 is 2.92 bits per heavy atom. The highest BCUT2D eigenvalue weighted by Gasteiger charge is 2.09. The fourth-order valence-electron chi connectivity index (χ4n) is 1.20. The second-order valence-corrected chi connectivity index (χ2v) is 2.69. The minimum absolute atomic E-state index is 0.105. The van der Waals surface area contributed by atoms with E-state index in [1.807, 2.05) is 0 Å². The van der Waals surface area contributed by atoms with Crippen LogP contribution >= 0.6 is 0 Å². The molecule has 3 N–H and O–H groups in total. The number of fused-ring (bicyclic) bond motifs is 1. The minimum atomic E-state index is -0.652. The monoisotopic (exact) mass is 177 g/mol. The number of phenols is 1. The standard InChI is InChI=1S/C9H7NO3/c10-9(12)6-3-5-1-2-13-8(5)4-7(6)11/h1-4,11H,(H2,10,12). The Bertz CT molecular complexity index is 473. The maximum atomic E-state index is 10.8. The third kappa shape index (κ3) is 1.12. The van der Waals surface area contributed by atoms with Gasteiger partial charge in [0.25, 0.3) is 5.91 Å². The highest BCUT2D eigenvalue weighted by molar-refractivity contribution is 5.99. The number of aromatic hydroxyl groups is 1. The van der Waals surface area contributed by atoms with Gasteiger partial charge in [-0.15, -0.1) is 0 Å². The summed E-state index contributed by atoms with van der Waals surface area (Å²) in [4.78, 5) is 10.8. The van der Waals surface area contributed by atoms with Gasteiger partial charge < -0.3 is 15.3 Å². The van der Waals surface area contributed by atoms with Crippen LogP contribution in [-0.2, 0) is 0 Å². The van der Waals surface area contributed by atoms with Gasteiger partial charge in [0.1, 0.15) is 11.3 Å². The van der Waals surface area contributed by atoms with E-state index in [2.05, 4.69) is 0 Å². The average Bonchev–Trinajstić information content (AvgIpc) is 2.48. The molecule has 0 aliphatic rings. The zero-order chi connectivity index (χ0) is 9.42. The first kappa shape index (κ1) is 7.67. The average molecular weight is 177 g/mol. The second kappa shape index (κ2) is 2.52. The molecular formula is C9H7NO3. The number of furan rings is 1. The number of benzene rings is 1. The summed E-state index contributed by atoms with van der Waals surface area (Å²) in [5.74, 6) is -0.810. The molecule has 0 aliphatic heterocycles. The number of hydrogen-bond acceptors (Lipinski definition) is 3. The lowest BCUT2D eigenvalue weighted by Gasteiger charge is -1.98. The first-order valence-electron chi connectivity index (χ1n) is 3.68. The Balaban J connectivity index is 2.76. The van der Waals surface area contributed by atoms with Gasteiger partial charge in [0, 0.05) is 11.5 Å². The van der Waals surface area contributed by atoms with E-state index in [1.54, 1.807) is 6.07 Å². The van der Waals surface area contributed by atoms with Crippen LogP contribution < -0.4 is 5.73 Å². The van der Waals surface area contributed by atoms with E-state index in [1.165, 1.54) is 18.4 Å². The Morgan fingerprint density at radius 2 is 2.23 bits per heavy atom. The van der Waals surface area contributed by atoms with E-state index in [0.29, 0.717) is 5.58 Å². The van der Waals surface area contributed by atoms with Gasteiger partial charge in [0.15, 0.2) is 0 Å². The van der Waals surface area contributed by atoms with Crippen LogP contribution in [0, 0.1) is 0 Å². The van der Waals surface area contributed by atoms with Crippen molar-refractivity contribution < 1.29 is 14.3 Å². The molecule has 0 saturated heterocycles. The summed E-state index contributed by atoms with van der Waals surface area (Å²) in [5, 5.41) is 10.1. The Morgan fingerprint density at radius 1 is 1.46 bits per heavy atom. The molecule has 2 rings (SSSR count). The number of primary amides is 1. The van der Waals surface area contributed by atoms with Crippen LogP contribution in [0.3, 0.4) is 0 Å². The molecule has 1 amide bonds. The Labute approximate surface area is 73.6 Å². The Kier molecular flexibility index (Phi) is 1.48. The van der Waals surface area contributed by atoms with Gasteiger partial charge >= 0.3 is 0 Å². The highest BCUT2D eigenvalue weighted by Crippen LogP contribution is 2.25. The van der Waals surface area contributed by atoms with Crippen LogP contribution in [0.4, 0.5) is 0 Å². The van der Waals surface area contributed by atoms with Gasteiger partial charge in [-0.05, 0) is 12.1 Å². The fraction of sp³-hybridized carbons (Fsp3) is 0. The smallest absolute Gasteiger partial charge is 0.252 e. The molecule has 0 bridgehead atoms. The number of rotatable bonds is 1. The number of hydrogen-bond donors (Lipinski definition) is 2. The van der Waals surface area contributed by atoms with Crippen molar-refractivity contribution in [3.63, 3.8) is 0 Å². The summed E-state index contributed by atoms with van der Waals surface area (Å²) in [6.45, 7) is 0. The van der Waals surface area contributed by atoms with Crippen molar-refractivity contribution in [2.45, 2.75) is 0 Å². The van der Waals surface area contributed by atoms with Crippen LogP contribution in [-0.4, -0.2) is 11.0 Å². The van der Waals surface area contributed by atoms with Gasteiger partial charge in [0.05, 0.1) is 11.8 Å². The molecule has 2 aromatic rings. The predicted molar refractivity (Wildman–Crippen MR) is 46.4 cm³/mol. The molecule has 1 aromatic heterocycles. The SMILES string of the molecule is NC(=O)c1cc2ccoc2cc1O. The number of carbonyl (C=O) groups is 1. The largest absolute Gasteiger partial charge is 0.507 e. The number of amides is 1. The van der Waals surface area contributed by atoms with Crippen molar-refractivity contribution >= 4 is 16.9 Å². The highest BCUT2D eigenvalue weighted by atomic mass is 16.3. The van der Waals surface area contributed by atoms with E-state index < -0.39 is 5.91 Å². The van der Waals surface area contributed by atoms with Gasteiger partial charge in [-0.1, -0.05) is 0 Å². The topological polar surface area (TPSA) is 76.5 Å². The van der Waals surface area contributed by atoms with Crippen molar-refractivity contribution in [2.24, 2.45) is 5.73 Å². The lowest BCUT2D eigenvalue weighted by Crippen LogP contribution is -2.10. The first-order chi connectivity index (χ1) is 6.18. The van der Waals surface area contributed by atoms with Crippen LogP contribution in [0.1, 0.15) is 10.4 Å². The predicted octanol–water partition coefficient (Wildman–Crippen LogP) is 1.24. The summed E-state index contributed by atoms with van der Waals surface area (Å²) >= 11 is 0. The Hall–Kier alpha value is -1.97. The zero-order valence-electron chi connectivity index (χ0n) is 6.65. The summed E-state index contributed by atoms with van der Waals surface area (Å²) in [7, 11) is 0. The summed E-state index contributed by atoms with van der Waals surface area (Å²) in [5.41, 5.74) is 5.68. The van der Waals surface area contributed by atoms with Crippen LogP contribution in [0.25, 0.3) is 11.0 Å². The van der Waals surface area contributed by atoms with E-state index in [-0.39, 0.29) is 11.3 Å². The third-order valence-electron chi connectivity index (χ3n) is 1.84. The van der Waals surface area contributed by atoms with Crippen molar-refractivity contribution in [2.75, 3.05) is 0 Å². The molecule has 0 fully saturated rings. The molecule has 0 aliphatic carbocycles. The van der Waals surface area contributed by atoms with E-state index in [0.717, 1.165) is 5.39 Å². The van der Waals surface area contributed by atoms with Gasteiger partial charge in [-0.2, -0.15) is 0 Å².